The Morgan fingerprint density at radius 2 is 2.00 bits per heavy atom. The Kier molecular flexibility index (Phi) is 4.69. The molecule has 6 heteroatoms. The maximum Gasteiger partial charge on any atom is 0.335 e. The molecule has 6 nitrogen and oxygen atoms in total. The molecule has 2 N–H and O–H groups in total. The lowest BCUT2D eigenvalue weighted by Crippen LogP contribution is -1.95. The predicted octanol–water partition coefficient (Wildman–Crippen LogP) is 1.35. The van der Waals surface area contributed by atoms with Gasteiger partial charge in [0.25, 0.3) is 5.09 Å². The second-order valence-electron chi connectivity index (χ2n) is 2.41. The zero-order chi connectivity index (χ0) is 11.1. The standard InChI is InChI=1S/C8H8O2.HNO3/c1-6-3-2-4-7(5-6)8(9)10;2-1(3)4/h2-5H,1H3,(H,9,10);(H,2,3,4). The highest BCUT2D eigenvalue weighted by Crippen LogP contribution is 2.02. The van der Waals surface area contributed by atoms with E-state index in [1.807, 2.05) is 13.0 Å². The van der Waals surface area contributed by atoms with Crippen LogP contribution in [-0.4, -0.2) is 21.4 Å². The Hall–Kier alpha value is -2.11. The molecule has 0 unspecified atom stereocenters. The minimum absolute atomic E-state index is 0.347. The third-order valence-corrected chi connectivity index (χ3v) is 1.27. The van der Waals surface area contributed by atoms with Gasteiger partial charge in [-0.05, 0) is 19.1 Å². The molecule has 0 radical (unpaired) electrons. The molecular weight excluding hydrogens is 190 g/mol. The Morgan fingerprint density at radius 3 is 2.29 bits per heavy atom. The van der Waals surface area contributed by atoms with E-state index in [-0.39, 0.29) is 0 Å². The zero-order valence-corrected chi connectivity index (χ0v) is 7.38. The molecule has 0 atom stereocenters. The summed E-state index contributed by atoms with van der Waals surface area (Å²) < 4.78 is 0. The van der Waals surface area contributed by atoms with Crippen LogP contribution in [0, 0.1) is 17.0 Å². The van der Waals surface area contributed by atoms with Crippen molar-refractivity contribution >= 4 is 5.97 Å². The van der Waals surface area contributed by atoms with E-state index in [0.29, 0.717) is 5.56 Å². The van der Waals surface area contributed by atoms with Crippen molar-refractivity contribution in [2.75, 3.05) is 0 Å². The second kappa shape index (κ2) is 5.52. The van der Waals surface area contributed by atoms with Crippen molar-refractivity contribution in [3.63, 3.8) is 0 Å². The number of carbonyl (C=O) groups is 1. The molecule has 0 aliphatic rings. The molecule has 0 aliphatic heterocycles. The number of aryl methyl sites for hydroxylation is 1. The molecule has 0 saturated heterocycles. The van der Waals surface area contributed by atoms with E-state index in [9.17, 15) is 4.79 Å². The van der Waals surface area contributed by atoms with Crippen molar-refractivity contribution in [2.24, 2.45) is 0 Å². The molecule has 0 heterocycles. The summed E-state index contributed by atoms with van der Waals surface area (Å²) >= 11 is 0. The lowest BCUT2D eigenvalue weighted by Gasteiger charge is -1.93. The fourth-order valence-electron chi connectivity index (χ4n) is 0.778. The lowest BCUT2D eigenvalue weighted by atomic mass is 10.1. The molecule has 0 fully saturated rings. The smallest absolute Gasteiger partial charge is 0.335 e. The van der Waals surface area contributed by atoms with Crippen LogP contribution in [0.4, 0.5) is 0 Å². The number of nitrogens with zero attached hydrogens (tertiary/aromatic N) is 1. The molecular formula is C8H9NO5. The molecule has 0 amide bonds. The number of aromatic carboxylic acids is 1. The quantitative estimate of drug-likeness (QED) is 0.525. The number of hydrogen-bond acceptors (Lipinski definition) is 3. The van der Waals surface area contributed by atoms with Gasteiger partial charge in [-0.25, -0.2) is 4.79 Å². The second-order valence-corrected chi connectivity index (χ2v) is 2.41. The lowest BCUT2D eigenvalue weighted by molar-refractivity contribution is -0.742. The molecule has 1 aromatic carbocycles. The molecule has 1 rings (SSSR count). The maximum atomic E-state index is 10.4. The summed E-state index contributed by atoms with van der Waals surface area (Å²) in [7, 11) is 0. The van der Waals surface area contributed by atoms with Crippen LogP contribution in [-0.2, 0) is 0 Å². The van der Waals surface area contributed by atoms with Crippen molar-refractivity contribution in [1.82, 2.24) is 0 Å². The van der Waals surface area contributed by atoms with Gasteiger partial charge in [-0.2, -0.15) is 0 Å². The molecule has 0 bridgehead atoms. The van der Waals surface area contributed by atoms with Crippen molar-refractivity contribution in [1.29, 1.82) is 0 Å². The highest BCUT2D eigenvalue weighted by atomic mass is 16.9. The Bertz CT molecular complexity index is 332. The highest BCUT2D eigenvalue weighted by Gasteiger charge is 1.99. The minimum Gasteiger partial charge on any atom is -0.478 e. The minimum atomic E-state index is -1.50. The SMILES string of the molecule is Cc1cccc(C(=O)O)c1.O=[N+]([O-])O. The van der Waals surface area contributed by atoms with E-state index < -0.39 is 11.1 Å². The third kappa shape index (κ3) is 5.53. The van der Waals surface area contributed by atoms with Gasteiger partial charge in [0.2, 0.25) is 0 Å². The van der Waals surface area contributed by atoms with Gasteiger partial charge in [-0.1, -0.05) is 17.7 Å². The summed E-state index contributed by atoms with van der Waals surface area (Å²) in [5, 5.41) is 22.1. The number of carboxylic acid groups (broad SMARTS) is 1. The Morgan fingerprint density at radius 1 is 1.50 bits per heavy atom. The number of carboxylic acids is 1. The zero-order valence-electron chi connectivity index (χ0n) is 7.38. The summed E-state index contributed by atoms with van der Waals surface area (Å²) in [4.78, 5) is 18.7. The fourth-order valence-corrected chi connectivity index (χ4v) is 0.778. The van der Waals surface area contributed by atoms with Gasteiger partial charge < -0.3 is 10.3 Å². The number of hydrogen-bond donors (Lipinski definition) is 2. The van der Waals surface area contributed by atoms with Crippen LogP contribution in [0.1, 0.15) is 15.9 Å². The summed E-state index contributed by atoms with van der Waals surface area (Å²) in [6.07, 6.45) is 0. The monoisotopic (exact) mass is 199 g/mol. The van der Waals surface area contributed by atoms with Crippen LogP contribution in [0.2, 0.25) is 0 Å². The molecule has 14 heavy (non-hydrogen) atoms. The van der Waals surface area contributed by atoms with Crippen LogP contribution in [0.25, 0.3) is 0 Å². The van der Waals surface area contributed by atoms with Crippen molar-refractivity contribution in [3.05, 3.63) is 45.5 Å². The fraction of sp³-hybridized carbons (Fsp3) is 0.125. The first-order valence-electron chi connectivity index (χ1n) is 3.56. The largest absolute Gasteiger partial charge is 0.478 e. The summed E-state index contributed by atoms with van der Waals surface area (Å²) in [6, 6.07) is 6.82. The average Bonchev–Trinajstić information content (AvgIpc) is 2.03. The highest BCUT2D eigenvalue weighted by molar-refractivity contribution is 5.87. The number of rotatable bonds is 1. The van der Waals surface area contributed by atoms with Gasteiger partial charge >= 0.3 is 5.97 Å². The van der Waals surface area contributed by atoms with E-state index in [0.717, 1.165) is 5.56 Å². The number of benzene rings is 1. The van der Waals surface area contributed by atoms with E-state index in [4.69, 9.17) is 20.4 Å². The molecule has 0 aliphatic carbocycles. The van der Waals surface area contributed by atoms with Gasteiger partial charge in [0.15, 0.2) is 0 Å². The average molecular weight is 199 g/mol. The third-order valence-electron chi connectivity index (χ3n) is 1.27. The first-order valence-corrected chi connectivity index (χ1v) is 3.56. The Labute approximate surface area is 79.5 Å². The summed E-state index contributed by atoms with van der Waals surface area (Å²) in [6.45, 7) is 1.87. The van der Waals surface area contributed by atoms with Crippen molar-refractivity contribution in [2.45, 2.75) is 6.92 Å². The molecule has 0 aromatic heterocycles. The maximum absolute atomic E-state index is 10.4. The van der Waals surface area contributed by atoms with E-state index in [2.05, 4.69) is 0 Å². The first-order chi connectivity index (χ1) is 6.43. The predicted molar refractivity (Wildman–Crippen MR) is 46.9 cm³/mol. The van der Waals surface area contributed by atoms with Crippen LogP contribution in [0.3, 0.4) is 0 Å². The van der Waals surface area contributed by atoms with Gasteiger partial charge in [-0.15, -0.1) is 10.1 Å². The molecule has 0 spiro atoms. The van der Waals surface area contributed by atoms with E-state index in [1.165, 1.54) is 0 Å². The summed E-state index contributed by atoms with van der Waals surface area (Å²) in [5.41, 5.74) is 1.32. The normalized spacial score (nSPS) is 8.36. The van der Waals surface area contributed by atoms with Crippen LogP contribution in [0.5, 0.6) is 0 Å². The molecule has 0 saturated carbocycles. The summed E-state index contributed by atoms with van der Waals surface area (Å²) in [5.74, 6) is -0.872. The van der Waals surface area contributed by atoms with Crippen molar-refractivity contribution < 1.29 is 20.2 Å². The van der Waals surface area contributed by atoms with Crippen molar-refractivity contribution in [3.8, 4) is 0 Å². The Balaban J connectivity index is 0.000000364. The van der Waals surface area contributed by atoms with E-state index in [1.54, 1.807) is 18.2 Å². The first kappa shape index (κ1) is 11.9. The van der Waals surface area contributed by atoms with Crippen LogP contribution < -0.4 is 0 Å². The van der Waals surface area contributed by atoms with Crippen LogP contribution in [0.15, 0.2) is 24.3 Å². The van der Waals surface area contributed by atoms with Gasteiger partial charge in [0.1, 0.15) is 0 Å². The topological polar surface area (TPSA) is 101 Å². The molecule has 1 aromatic rings. The van der Waals surface area contributed by atoms with E-state index >= 15 is 0 Å². The molecule has 76 valence electrons. The van der Waals surface area contributed by atoms with Gasteiger partial charge in [-0.3, -0.25) is 0 Å². The van der Waals surface area contributed by atoms with Gasteiger partial charge in [0, 0.05) is 0 Å². The van der Waals surface area contributed by atoms with Gasteiger partial charge in [0.05, 0.1) is 5.56 Å². The van der Waals surface area contributed by atoms with Crippen LogP contribution >= 0.6 is 0 Å².